The number of Topliss-reactive ketones (excluding diaryl/α,β-unsaturated/α-hetero) is 1. The Morgan fingerprint density at radius 3 is 2.57 bits per heavy atom. The van der Waals surface area contributed by atoms with Crippen molar-refractivity contribution in [2.75, 3.05) is 11.9 Å². The first-order valence-electron chi connectivity index (χ1n) is 10.0. The van der Waals surface area contributed by atoms with Crippen LogP contribution in [0.4, 0.5) is 5.69 Å². The highest BCUT2D eigenvalue weighted by Gasteiger charge is 2.40. The number of nitrogens with one attached hydrogen (secondary N) is 1. The van der Waals surface area contributed by atoms with Crippen LogP contribution < -0.4 is 5.32 Å². The molecular formula is C22H26N2O5S. The highest BCUT2D eigenvalue weighted by atomic mass is 32.1. The third-order valence-electron chi connectivity index (χ3n) is 5.19. The van der Waals surface area contributed by atoms with Crippen LogP contribution in [0.1, 0.15) is 30.6 Å². The zero-order chi connectivity index (χ0) is 21.5. The zero-order valence-electron chi connectivity index (χ0n) is 16.6. The van der Waals surface area contributed by atoms with Gasteiger partial charge in [-0.05, 0) is 49.3 Å². The minimum absolute atomic E-state index is 0.0708. The number of benzene rings is 1. The van der Waals surface area contributed by atoms with E-state index in [0.717, 1.165) is 4.88 Å². The molecular weight excluding hydrogens is 404 g/mol. The summed E-state index contributed by atoms with van der Waals surface area (Å²) in [5.74, 6) is -1.72. The van der Waals surface area contributed by atoms with Crippen molar-refractivity contribution >= 4 is 34.6 Å². The molecule has 8 heteroatoms. The van der Waals surface area contributed by atoms with Crippen molar-refractivity contribution in [2.45, 2.75) is 50.4 Å². The van der Waals surface area contributed by atoms with Gasteiger partial charge in [-0.1, -0.05) is 24.3 Å². The number of aliphatic hydroxyl groups excluding tert-OH is 2. The summed E-state index contributed by atoms with van der Waals surface area (Å²) >= 11 is 1.59. The molecule has 160 valence electrons. The predicted octanol–water partition coefficient (Wildman–Crippen LogP) is 1.99. The maximum absolute atomic E-state index is 12.7. The fourth-order valence-corrected chi connectivity index (χ4v) is 4.32. The number of aryl methyl sites for hydroxylation is 1. The van der Waals surface area contributed by atoms with E-state index in [2.05, 4.69) is 5.32 Å². The summed E-state index contributed by atoms with van der Waals surface area (Å²) < 4.78 is 0. The lowest BCUT2D eigenvalue weighted by molar-refractivity contribution is -0.154. The third-order valence-corrected chi connectivity index (χ3v) is 6.12. The Labute approximate surface area is 179 Å². The van der Waals surface area contributed by atoms with Gasteiger partial charge < -0.3 is 20.4 Å². The molecule has 1 aliphatic rings. The van der Waals surface area contributed by atoms with E-state index in [9.17, 15) is 24.6 Å². The summed E-state index contributed by atoms with van der Waals surface area (Å²) in [5.41, 5.74) is 0.614. The number of thiophene rings is 1. The fourth-order valence-electron chi connectivity index (χ4n) is 3.57. The van der Waals surface area contributed by atoms with Gasteiger partial charge in [-0.15, -0.1) is 11.3 Å². The van der Waals surface area contributed by atoms with Gasteiger partial charge in [-0.2, -0.15) is 0 Å². The van der Waals surface area contributed by atoms with E-state index < -0.39 is 29.9 Å². The average Bonchev–Trinajstić information content (AvgIpc) is 3.45. The third kappa shape index (κ3) is 5.53. The second-order valence-corrected chi connectivity index (χ2v) is 8.37. The Morgan fingerprint density at radius 1 is 1.10 bits per heavy atom. The highest BCUT2D eigenvalue weighted by molar-refractivity contribution is 7.09. The second kappa shape index (κ2) is 10.5. The van der Waals surface area contributed by atoms with E-state index in [1.54, 1.807) is 35.6 Å². The van der Waals surface area contributed by atoms with Crippen LogP contribution in [0.5, 0.6) is 0 Å². The Morgan fingerprint density at radius 2 is 1.87 bits per heavy atom. The van der Waals surface area contributed by atoms with Gasteiger partial charge in [0.1, 0.15) is 12.1 Å². The van der Waals surface area contributed by atoms with Crippen molar-refractivity contribution < 1.29 is 24.6 Å². The van der Waals surface area contributed by atoms with Crippen LogP contribution in [0.15, 0.2) is 47.8 Å². The van der Waals surface area contributed by atoms with Crippen LogP contribution in [-0.2, 0) is 20.8 Å². The molecule has 0 aliphatic carbocycles. The van der Waals surface area contributed by atoms with Crippen molar-refractivity contribution in [3.63, 3.8) is 0 Å². The largest absolute Gasteiger partial charge is 0.382 e. The Balaban J connectivity index is 1.53. The van der Waals surface area contributed by atoms with Gasteiger partial charge in [0, 0.05) is 23.5 Å². The quantitative estimate of drug-likeness (QED) is 0.564. The standard InChI is InChI=1S/C22H26N2O5S/c25-18(12-4-9-16-10-6-14-30-16)19(26)20(27)22(29)24-13-5-11-17(24)21(28)23-15-7-2-1-3-8-15/h1-3,6-8,10,14,17,19-20,26-27H,4-5,9,11-13H2,(H,23,28)/t17-,19+,20-/m1/s1. The second-order valence-electron chi connectivity index (χ2n) is 7.33. The molecule has 0 radical (unpaired) electrons. The van der Waals surface area contributed by atoms with Crippen molar-refractivity contribution in [1.82, 2.24) is 4.90 Å². The minimum Gasteiger partial charge on any atom is -0.382 e. The molecule has 2 aromatic rings. The van der Waals surface area contributed by atoms with Gasteiger partial charge in [0.15, 0.2) is 11.9 Å². The number of anilines is 1. The number of rotatable bonds is 9. The van der Waals surface area contributed by atoms with Crippen molar-refractivity contribution in [3.05, 3.63) is 52.7 Å². The van der Waals surface area contributed by atoms with Crippen LogP contribution in [0.2, 0.25) is 0 Å². The first-order chi connectivity index (χ1) is 14.5. The SMILES string of the molecule is O=C(Nc1ccccc1)[C@H]1CCCN1C(=O)[C@H](O)[C@@H](O)C(=O)CCCc1cccs1. The summed E-state index contributed by atoms with van der Waals surface area (Å²) in [4.78, 5) is 39.9. The molecule has 1 aromatic carbocycles. The number of carbonyl (C=O) groups is 3. The Kier molecular flexibility index (Phi) is 7.73. The van der Waals surface area contributed by atoms with E-state index in [1.165, 1.54) is 4.90 Å². The topological polar surface area (TPSA) is 107 Å². The maximum atomic E-state index is 12.7. The zero-order valence-corrected chi connectivity index (χ0v) is 17.4. The number of hydrogen-bond acceptors (Lipinski definition) is 6. The smallest absolute Gasteiger partial charge is 0.255 e. The van der Waals surface area contributed by atoms with Gasteiger partial charge in [0.05, 0.1) is 0 Å². The minimum atomic E-state index is -1.87. The fraction of sp³-hybridized carbons (Fsp3) is 0.409. The van der Waals surface area contributed by atoms with Gasteiger partial charge in [0.2, 0.25) is 5.91 Å². The van der Waals surface area contributed by atoms with Crippen LogP contribution in [0, 0.1) is 0 Å². The maximum Gasteiger partial charge on any atom is 0.255 e. The number of para-hydroxylation sites is 1. The molecule has 3 atom stereocenters. The monoisotopic (exact) mass is 430 g/mol. The molecule has 0 spiro atoms. The summed E-state index contributed by atoms with van der Waals surface area (Å²) in [6.45, 7) is 0.294. The van der Waals surface area contributed by atoms with Crippen molar-refractivity contribution in [1.29, 1.82) is 0 Å². The molecule has 7 nitrogen and oxygen atoms in total. The van der Waals surface area contributed by atoms with Gasteiger partial charge in [0.25, 0.3) is 5.91 Å². The molecule has 1 fully saturated rings. The molecule has 30 heavy (non-hydrogen) atoms. The first-order valence-corrected chi connectivity index (χ1v) is 10.9. The molecule has 1 aliphatic heterocycles. The molecule has 3 rings (SSSR count). The Hall–Kier alpha value is -2.55. The lowest BCUT2D eigenvalue weighted by atomic mass is 10.0. The molecule has 2 amide bonds. The number of carbonyl (C=O) groups excluding carboxylic acids is 3. The number of ketones is 1. The lowest BCUT2D eigenvalue weighted by Crippen LogP contribution is -2.51. The van der Waals surface area contributed by atoms with Crippen LogP contribution in [0.25, 0.3) is 0 Å². The molecule has 0 bridgehead atoms. The van der Waals surface area contributed by atoms with Gasteiger partial charge >= 0.3 is 0 Å². The van der Waals surface area contributed by atoms with E-state index in [4.69, 9.17) is 0 Å². The van der Waals surface area contributed by atoms with Gasteiger partial charge in [-0.25, -0.2) is 0 Å². The van der Waals surface area contributed by atoms with Crippen LogP contribution in [-0.4, -0.2) is 57.5 Å². The number of hydrogen-bond donors (Lipinski definition) is 3. The van der Waals surface area contributed by atoms with E-state index in [0.29, 0.717) is 37.9 Å². The highest BCUT2D eigenvalue weighted by Crippen LogP contribution is 2.21. The van der Waals surface area contributed by atoms with E-state index in [-0.39, 0.29) is 12.3 Å². The normalized spacial score (nSPS) is 18.1. The lowest BCUT2D eigenvalue weighted by Gasteiger charge is -2.27. The number of nitrogens with zero attached hydrogens (tertiary/aromatic N) is 1. The van der Waals surface area contributed by atoms with Crippen molar-refractivity contribution in [2.24, 2.45) is 0 Å². The number of aliphatic hydroxyl groups is 2. The van der Waals surface area contributed by atoms with Crippen LogP contribution >= 0.6 is 11.3 Å². The Bertz CT molecular complexity index is 856. The van der Waals surface area contributed by atoms with Crippen LogP contribution in [0.3, 0.4) is 0 Å². The summed E-state index contributed by atoms with van der Waals surface area (Å²) in [7, 11) is 0. The average molecular weight is 431 g/mol. The van der Waals surface area contributed by atoms with E-state index in [1.807, 2.05) is 23.6 Å². The molecule has 1 saturated heterocycles. The number of likely N-dealkylation sites (tertiary alicyclic amines) is 1. The first kappa shape index (κ1) is 22.1. The molecule has 1 aromatic heterocycles. The summed E-state index contributed by atoms with van der Waals surface area (Å²) in [6.07, 6.45) is -1.29. The predicted molar refractivity (Wildman–Crippen MR) is 114 cm³/mol. The molecule has 0 unspecified atom stereocenters. The van der Waals surface area contributed by atoms with Gasteiger partial charge in [-0.3, -0.25) is 14.4 Å². The van der Waals surface area contributed by atoms with E-state index >= 15 is 0 Å². The molecule has 3 N–H and O–H groups in total. The molecule has 0 saturated carbocycles. The molecule has 2 heterocycles. The van der Waals surface area contributed by atoms with Crippen molar-refractivity contribution in [3.8, 4) is 0 Å². The number of amides is 2. The summed E-state index contributed by atoms with van der Waals surface area (Å²) in [6, 6.07) is 12.1. The summed E-state index contributed by atoms with van der Waals surface area (Å²) in [5, 5.41) is 25.2.